The van der Waals surface area contributed by atoms with Gasteiger partial charge in [-0.3, -0.25) is 9.67 Å². The van der Waals surface area contributed by atoms with E-state index in [9.17, 15) is 0 Å². The Balaban J connectivity index is 1.69. The Morgan fingerprint density at radius 2 is 2.00 bits per heavy atom. The summed E-state index contributed by atoms with van der Waals surface area (Å²) in [5.74, 6) is 0.628. The van der Waals surface area contributed by atoms with E-state index in [2.05, 4.69) is 34.2 Å². The highest BCUT2D eigenvalue weighted by molar-refractivity contribution is 5.92. The molecule has 26 heavy (non-hydrogen) atoms. The number of nitrogens with zero attached hydrogens (tertiary/aromatic N) is 5. The monoisotopic (exact) mass is 351 g/mol. The Hall–Kier alpha value is -2.54. The summed E-state index contributed by atoms with van der Waals surface area (Å²) in [6.07, 6.45) is 13.9. The maximum absolute atomic E-state index is 6.25. The minimum Gasteiger partial charge on any atom is -0.350 e. The van der Waals surface area contributed by atoms with E-state index >= 15 is 0 Å². The fraction of sp³-hybridized carbons (Fsp3) is 0.474. The van der Waals surface area contributed by atoms with Gasteiger partial charge in [-0.15, -0.1) is 0 Å². The van der Waals surface area contributed by atoms with E-state index in [1.165, 1.54) is 12.8 Å². The van der Waals surface area contributed by atoms with Crippen molar-refractivity contribution < 1.29 is 0 Å². The summed E-state index contributed by atoms with van der Waals surface area (Å²) in [7, 11) is 0. The molecule has 0 aliphatic heterocycles. The number of nitrogens with two attached hydrogens (primary N) is 1. The molecule has 136 valence electrons. The highest BCUT2D eigenvalue weighted by atomic mass is 15.3. The summed E-state index contributed by atoms with van der Waals surface area (Å²) in [6.45, 7) is 4.21. The Morgan fingerprint density at radius 3 is 2.77 bits per heavy atom. The van der Waals surface area contributed by atoms with Gasteiger partial charge in [-0.2, -0.15) is 5.10 Å². The summed E-state index contributed by atoms with van der Waals surface area (Å²) in [4.78, 5) is 13.6. The molecule has 3 aromatic rings. The van der Waals surface area contributed by atoms with Gasteiger partial charge in [0.1, 0.15) is 0 Å². The minimum atomic E-state index is 0.157. The Bertz CT molecular complexity index is 902. The lowest BCUT2D eigenvalue weighted by atomic mass is 9.91. The molecule has 3 aromatic heterocycles. The molecular weight excluding hydrogens is 326 g/mol. The molecule has 0 bridgehead atoms. The van der Waals surface area contributed by atoms with Crippen LogP contribution in [0.1, 0.15) is 45.6 Å². The lowest BCUT2D eigenvalue weighted by Gasteiger charge is -2.29. The summed E-state index contributed by atoms with van der Waals surface area (Å²) in [5, 5.41) is 8.79. The second kappa shape index (κ2) is 6.99. The van der Waals surface area contributed by atoms with Crippen molar-refractivity contribution in [2.45, 2.75) is 57.7 Å². The number of hydrogen-bond acceptors (Lipinski definition) is 6. The van der Waals surface area contributed by atoms with Crippen LogP contribution in [0.15, 0.2) is 31.0 Å². The van der Waals surface area contributed by atoms with E-state index in [1.54, 1.807) is 6.20 Å². The van der Waals surface area contributed by atoms with Crippen LogP contribution in [-0.4, -0.2) is 36.8 Å². The molecule has 0 radical (unpaired) electrons. The Kier molecular flexibility index (Phi) is 4.55. The zero-order valence-electron chi connectivity index (χ0n) is 15.3. The van der Waals surface area contributed by atoms with Crippen molar-refractivity contribution in [3.8, 4) is 11.1 Å². The fourth-order valence-electron chi connectivity index (χ4n) is 3.50. The molecule has 1 fully saturated rings. The number of fused-ring (bicyclic) bond motifs is 1. The normalized spacial score (nSPS) is 20.6. The zero-order valence-corrected chi connectivity index (χ0v) is 15.3. The summed E-state index contributed by atoms with van der Waals surface area (Å²) in [5.41, 5.74) is 9.11. The Morgan fingerprint density at radius 1 is 1.15 bits per heavy atom. The highest BCUT2D eigenvalue weighted by Crippen LogP contribution is 2.27. The quantitative estimate of drug-likeness (QED) is 0.750. The second-order valence-corrected chi connectivity index (χ2v) is 7.32. The zero-order chi connectivity index (χ0) is 18.1. The van der Waals surface area contributed by atoms with Gasteiger partial charge in [0.15, 0.2) is 0 Å². The van der Waals surface area contributed by atoms with Gasteiger partial charge >= 0.3 is 0 Å². The maximum Gasteiger partial charge on any atom is 0.223 e. The van der Waals surface area contributed by atoms with Crippen molar-refractivity contribution in [2.75, 3.05) is 5.32 Å². The minimum absolute atomic E-state index is 0.157. The van der Waals surface area contributed by atoms with Crippen molar-refractivity contribution in [1.82, 2.24) is 24.7 Å². The fourth-order valence-corrected chi connectivity index (χ4v) is 3.50. The molecule has 0 spiro atoms. The third-order valence-electron chi connectivity index (χ3n) is 5.06. The van der Waals surface area contributed by atoms with Crippen LogP contribution >= 0.6 is 0 Å². The van der Waals surface area contributed by atoms with Crippen LogP contribution in [-0.2, 0) is 0 Å². The smallest absolute Gasteiger partial charge is 0.223 e. The van der Waals surface area contributed by atoms with Gasteiger partial charge in [0.25, 0.3) is 0 Å². The van der Waals surface area contributed by atoms with Crippen molar-refractivity contribution in [3.05, 3.63) is 31.0 Å². The Labute approximate surface area is 153 Å². The predicted molar refractivity (Wildman–Crippen MR) is 103 cm³/mol. The van der Waals surface area contributed by atoms with Crippen LogP contribution in [0.25, 0.3) is 22.0 Å². The molecule has 7 heteroatoms. The summed E-state index contributed by atoms with van der Waals surface area (Å²) >= 11 is 0. The van der Waals surface area contributed by atoms with Crippen LogP contribution in [0, 0.1) is 0 Å². The van der Waals surface area contributed by atoms with Crippen molar-refractivity contribution in [2.24, 2.45) is 5.73 Å². The van der Waals surface area contributed by atoms with Crippen LogP contribution in [0.3, 0.4) is 0 Å². The van der Waals surface area contributed by atoms with Crippen molar-refractivity contribution in [1.29, 1.82) is 0 Å². The maximum atomic E-state index is 6.25. The highest BCUT2D eigenvalue weighted by Gasteiger charge is 2.22. The third-order valence-corrected chi connectivity index (χ3v) is 5.06. The molecule has 2 atom stereocenters. The number of anilines is 1. The second-order valence-electron chi connectivity index (χ2n) is 7.32. The van der Waals surface area contributed by atoms with E-state index in [1.807, 2.05) is 29.5 Å². The first-order valence-corrected chi connectivity index (χ1v) is 9.29. The number of nitrogens with one attached hydrogen (secondary N) is 1. The molecule has 1 saturated carbocycles. The van der Waals surface area contributed by atoms with Crippen LogP contribution in [0.2, 0.25) is 0 Å². The van der Waals surface area contributed by atoms with Crippen molar-refractivity contribution in [3.63, 3.8) is 0 Å². The first-order chi connectivity index (χ1) is 12.6. The van der Waals surface area contributed by atoms with E-state index in [0.717, 1.165) is 34.9 Å². The molecule has 0 amide bonds. The first-order valence-electron chi connectivity index (χ1n) is 9.29. The van der Waals surface area contributed by atoms with Gasteiger partial charge in [0.05, 0.1) is 11.7 Å². The van der Waals surface area contributed by atoms with E-state index in [0.29, 0.717) is 12.0 Å². The molecule has 1 aliphatic rings. The average molecular weight is 351 g/mol. The van der Waals surface area contributed by atoms with Crippen LogP contribution < -0.4 is 11.1 Å². The SMILES string of the molecule is CC(C)n1cc(-c2cncc3cnc(N[C@H]4CCCC[C@H]4N)nc23)cn1. The number of aromatic nitrogens is 5. The molecule has 7 nitrogen and oxygen atoms in total. The van der Waals surface area contributed by atoms with Crippen molar-refractivity contribution >= 4 is 16.9 Å². The van der Waals surface area contributed by atoms with Gasteiger partial charge in [-0.05, 0) is 26.7 Å². The van der Waals surface area contributed by atoms with Gasteiger partial charge < -0.3 is 11.1 Å². The van der Waals surface area contributed by atoms with Crippen LogP contribution in [0.4, 0.5) is 5.95 Å². The third kappa shape index (κ3) is 3.26. The van der Waals surface area contributed by atoms with Gasteiger partial charge in [0, 0.05) is 59.4 Å². The molecule has 3 heterocycles. The number of hydrogen-bond donors (Lipinski definition) is 2. The van der Waals surface area contributed by atoms with Gasteiger partial charge in [-0.25, -0.2) is 9.97 Å². The number of rotatable bonds is 4. The van der Waals surface area contributed by atoms with Gasteiger partial charge in [0.2, 0.25) is 5.95 Å². The summed E-state index contributed by atoms with van der Waals surface area (Å²) < 4.78 is 1.94. The van der Waals surface area contributed by atoms with Crippen LogP contribution in [0.5, 0.6) is 0 Å². The molecule has 4 rings (SSSR count). The lowest BCUT2D eigenvalue weighted by Crippen LogP contribution is -2.42. The lowest BCUT2D eigenvalue weighted by molar-refractivity contribution is 0.402. The first kappa shape index (κ1) is 16.9. The average Bonchev–Trinajstić information content (AvgIpc) is 3.13. The molecule has 0 saturated heterocycles. The molecule has 0 aromatic carbocycles. The molecule has 1 aliphatic carbocycles. The number of pyridine rings is 1. The molecule has 0 unspecified atom stereocenters. The van der Waals surface area contributed by atoms with E-state index in [-0.39, 0.29) is 12.1 Å². The van der Waals surface area contributed by atoms with E-state index < -0.39 is 0 Å². The van der Waals surface area contributed by atoms with Gasteiger partial charge in [-0.1, -0.05) is 12.8 Å². The van der Waals surface area contributed by atoms with E-state index in [4.69, 9.17) is 10.7 Å². The molecular formula is C19H25N7. The predicted octanol–water partition coefficient (Wildman–Crippen LogP) is 3.15. The topological polar surface area (TPSA) is 94.5 Å². The molecule has 3 N–H and O–H groups in total. The largest absolute Gasteiger partial charge is 0.350 e. The standard InChI is InChI=1S/C19H25N7/c1-12(2)26-11-14(9-23-26)15-10-21-7-13-8-22-19(25-18(13)15)24-17-6-4-3-5-16(17)20/h7-12,16-17H,3-6,20H2,1-2H3,(H,22,24,25)/t16-,17+/m1/s1. The summed E-state index contributed by atoms with van der Waals surface area (Å²) in [6, 6.07) is 0.700.